The van der Waals surface area contributed by atoms with Gasteiger partial charge in [-0.05, 0) is 37.1 Å². The number of nitrogens with two attached hydrogens (primary N) is 1. The van der Waals surface area contributed by atoms with Crippen LogP contribution in [0, 0.1) is 5.92 Å². The van der Waals surface area contributed by atoms with Crippen LogP contribution in [-0.4, -0.2) is 24.9 Å². The Morgan fingerprint density at radius 3 is 2.25 bits per heavy atom. The van der Waals surface area contributed by atoms with Crippen LogP contribution in [0.5, 0.6) is 0 Å². The third-order valence-corrected chi connectivity index (χ3v) is 4.44. The van der Waals surface area contributed by atoms with E-state index >= 15 is 0 Å². The molecule has 0 unspecified atom stereocenters. The maximum Gasteiger partial charge on any atom is 0.250 e. The van der Waals surface area contributed by atoms with Crippen LogP contribution in [0.4, 0.5) is 11.4 Å². The number of carbonyl (C=O) groups is 2. The Bertz CT molecular complexity index is 722. The molecule has 3 N–H and O–H groups in total. The van der Waals surface area contributed by atoms with Crippen molar-refractivity contribution in [2.45, 2.75) is 12.8 Å². The van der Waals surface area contributed by atoms with Crippen LogP contribution in [-0.2, 0) is 4.79 Å². The Kier molecular flexibility index (Phi) is 4.79. The first-order valence-corrected chi connectivity index (χ1v) is 8.15. The second-order valence-corrected chi connectivity index (χ2v) is 6.00. The number of rotatable bonds is 4. The molecule has 0 spiro atoms. The van der Waals surface area contributed by atoms with Gasteiger partial charge in [0.2, 0.25) is 5.91 Å². The van der Waals surface area contributed by atoms with Crippen molar-refractivity contribution in [3.8, 4) is 0 Å². The van der Waals surface area contributed by atoms with Crippen molar-refractivity contribution in [3.63, 3.8) is 0 Å². The number of benzene rings is 2. The minimum Gasteiger partial charge on any atom is -0.371 e. The fraction of sp³-hybridized carbons (Fsp3) is 0.263. The molecule has 24 heavy (non-hydrogen) atoms. The van der Waals surface area contributed by atoms with E-state index in [-0.39, 0.29) is 11.8 Å². The van der Waals surface area contributed by atoms with E-state index in [0.717, 1.165) is 25.9 Å². The summed E-state index contributed by atoms with van der Waals surface area (Å²) in [6.07, 6.45) is 1.58. The quantitative estimate of drug-likeness (QED) is 0.908. The van der Waals surface area contributed by atoms with E-state index in [1.807, 2.05) is 18.2 Å². The van der Waals surface area contributed by atoms with Crippen molar-refractivity contribution in [1.82, 2.24) is 0 Å². The van der Waals surface area contributed by atoms with Crippen molar-refractivity contribution < 1.29 is 9.59 Å². The molecular weight excluding hydrogens is 302 g/mol. The van der Waals surface area contributed by atoms with E-state index in [1.54, 1.807) is 24.3 Å². The Hall–Kier alpha value is -2.82. The molecule has 1 fully saturated rings. The monoisotopic (exact) mass is 323 g/mol. The maximum atomic E-state index is 12.5. The molecule has 0 saturated carbocycles. The standard InChI is InChI=1S/C19H21N3O2/c20-18(23)16-8-4-5-9-17(16)21-19(24)14-10-12-22(13-11-14)15-6-2-1-3-7-15/h1-9,14H,10-13H2,(H2,20,23)(H,21,24). The van der Waals surface area contributed by atoms with Crippen LogP contribution < -0.4 is 16.0 Å². The summed E-state index contributed by atoms with van der Waals surface area (Å²) in [5, 5.41) is 2.86. The fourth-order valence-electron chi connectivity index (χ4n) is 3.08. The summed E-state index contributed by atoms with van der Waals surface area (Å²) >= 11 is 0. The van der Waals surface area contributed by atoms with Crippen LogP contribution in [0.3, 0.4) is 0 Å². The molecule has 0 atom stereocenters. The van der Waals surface area contributed by atoms with Gasteiger partial charge < -0.3 is 16.0 Å². The van der Waals surface area contributed by atoms with Gasteiger partial charge in [-0.15, -0.1) is 0 Å². The maximum absolute atomic E-state index is 12.5. The predicted octanol–water partition coefficient (Wildman–Crippen LogP) is 2.64. The summed E-state index contributed by atoms with van der Waals surface area (Å²) in [6, 6.07) is 17.1. The molecule has 2 amide bonds. The minimum atomic E-state index is -0.537. The highest BCUT2D eigenvalue weighted by molar-refractivity contribution is 6.03. The second-order valence-electron chi connectivity index (χ2n) is 6.00. The molecular formula is C19H21N3O2. The Labute approximate surface area is 141 Å². The summed E-state index contributed by atoms with van der Waals surface area (Å²) in [5.74, 6) is -0.632. The molecule has 0 radical (unpaired) electrons. The van der Waals surface area contributed by atoms with Gasteiger partial charge in [0.05, 0.1) is 11.3 Å². The molecule has 0 bridgehead atoms. The highest BCUT2D eigenvalue weighted by atomic mass is 16.2. The first-order valence-electron chi connectivity index (χ1n) is 8.15. The molecule has 2 aromatic carbocycles. The SMILES string of the molecule is NC(=O)c1ccccc1NC(=O)C1CCN(c2ccccc2)CC1. The summed E-state index contributed by atoms with van der Waals surface area (Å²) in [5.41, 5.74) is 7.37. The molecule has 5 nitrogen and oxygen atoms in total. The second kappa shape index (κ2) is 7.17. The highest BCUT2D eigenvalue weighted by Gasteiger charge is 2.25. The number of hydrogen-bond acceptors (Lipinski definition) is 3. The third kappa shape index (κ3) is 3.56. The Morgan fingerprint density at radius 2 is 1.58 bits per heavy atom. The van der Waals surface area contributed by atoms with Gasteiger partial charge in [0.25, 0.3) is 5.91 Å². The molecule has 0 aromatic heterocycles. The fourth-order valence-corrected chi connectivity index (χ4v) is 3.08. The lowest BCUT2D eigenvalue weighted by atomic mass is 9.95. The van der Waals surface area contributed by atoms with E-state index < -0.39 is 5.91 Å². The van der Waals surface area contributed by atoms with Gasteiger partial charge in [0.1, 0.15) is 0 Å². The molecule has 0 aliphatic carbocycles. The number of carbonyl (C=O) groups excluding carboxylic acids is 2. The zero-order chi connectivity index (χ0) is 16.9. The summed E-state index contributed by atoms with van der Waals surface area (Å²) < 4.78 is 0. The van der Waals surface area contributed by atoms with E-state index in [0.29, 0.717) is 11.3 Å². The molecule has 2 aromatic rings. The smallest absolute Gasteiger partial charge is 0.250 e. The van der Waals surface area contributed by atoms with Crippen molar-refractivity contribution in [1.29, 1.82) is 0 Å². The number of nitrogens with one attached hydrogen (secondary N) is 1. The summed E-state index contributed by atoms with van der Waals surface area (Å²) in [7, 11) is 0. The van der Waals surface area contributed by atoms with Crippen molar-refractivity contribution >= 4 is 23.2 Å². The zero-order valence-electron chi connectivity index (χ0n) is 13.4. The van der Waals surface area contributed by atoms with Crippen LogP contribution in [0.25, 0.3) is 0 Å². The number of amides is 2. The molecule has 124 valence electrons. The van der Waals surface area contributed by atoms with Gasteiger partial charge in [-0.2, -0.15) is 0 Å². The topological polar surface area (TPSA) is 75.4 Å². The molecule has 3 rings (SSSR count). The number of primary amides is 1. The summed E-state index contributed by atoms with van der Waals surface area (Å²) in [6.45, 7) is 1.69. The first-order chi connectivity index (χ1) is 11.6. The number of para-hydroxylation sites is 2. The normalized spacial score (nSPS) is 15.1. The average molecular weight is 323 g/mol. The lowest BCUT2D eigenvalue weighted by Crippen LogP contribution is -2.38. The molecule has 1 aliphatic rings. The number of nitrogens with zero attached hydrogens (tertiary/aromatic N) is 1. The largest absolute Gasteiger partial charge is 0.371 e. The Morgan fingerprint density at radius 1 is 0.958 bits per heavy atom. The van der Waals surface area contributed by atoms with Gasteiger partial charge >= 0.3 is 0 Å². The zero-order valence-corrected chi connectivity index (χ0v) is 13.4. The predicted molar refractivity (Wildman–Crippen MR) is 95.0 cm³/mol. The lowest BCUT2D eigenvalue weighted by Gasteiger charge is -2.33. The number of anilines is 2. The van der Waals surface area contributed by atoms with Crippen LogP contribution in [0.15, 0.2) is 54.6 Å². The average Bonchev–Trinajstić information content (AvgIpc) is 2.63. The van der Waals surface area contributed by atoms with Gasteiger partial charge in [0, 0.05) is 24.7 Å². The number of hydrogen-bond donors (Lipinski definition) is 2. The van der Waals surface area contributed by atoms with Gasteiger partial charge in [-0.25, -0.2) is 0 Å². The number of piperidine rings is 1. The van der Waals surface area contributed by atoms with E-state index in [2.05, 4.69) is 22.3 Å². The van der Waals surface area contributed by atoms with E-state index in [1.165, 1.54) is 5.69 Å². The van der Waals surface area contributed by atoms with Gasteiger partial charge in [-0.3, -0.25) is 9.59 Å². The minimum absolute atomic E-state index is 0.0450. The molecule has 1 heterocycles. The van der Waals surface area contributed by atoms with E-state index in [4.69, 9.17) is 5.73 Å². The van der Waals surface area contributed by atoms with Crippen molar-refractivity contribution in [2.24, 2.45) is 11.7 Å². The highest BCUT2D eigenvalue weighted by Crippen LogP contribution is 2.24. The lowest BCUT2D eigenvalue weighted by molar-refractivity contribution is -0.120. The van der Waals surface area contributed by atoms with Crippen LogP contribution in [0.1, 0.15) is 23.2 Å². The molecule has 1 saturated heterocycles. The van der Waals surface area contributed by atoms with Gasteiger partial charge in [0.15, 0.2) is 0 Å². The first kappa shape index (κ1) is 16.1. The molecule has 1 aliphatic heterocycles. The van der Waals surface area contributed by atoms with Crippen LogP contribution in [0.2, 0.25) is 0 Å². The van der Waals surface area contributed by atoms with Crippen molar-refractivity contribution in [2.75, 3.05) is 23.3 Å². The van der Waals surface area contributed by atoms with E-state index in [9.17, 15) is 9.59 Å². The molecule has 5 heteroatoms. The van der Waals surface area contributed by atoms with Gasteiger partial charge in [-0.1, -0.05) is 30.3 Å². The summed E-state index contributed by atoms with van der Waals surface area (Å²) in [4.78, 5) is 26.2. The Balaban J connectivity index is 1.61. The van der Waals surface area contributed by atoms with Crippen LogP contribution >= 0.6 is 0 Å². The third-order valence-electron chi connectivity index (χ3n) is 4.44. The van der Waals surface area contributed by atoms with Crippen molar-refractivity contribution in [3.05, 3.63) is 60.2 Å².